The fraction of sp³-hybridized carbons (Fsp3) is 0.636. The van der Waals surface area contributed by atoms with Crippen LogP contribution in [0.15, 0.2) is 15.9 Å². The van der Waals surface area contributed by atoms with Gasteiger partial charge in [0.05, 0.1) is 18.6 Å². The van der Waals surface area contributed by atoms with Crippen molar-refractivity contribution in [1.29, 1.82) is 0 Å². The predicted octanol–water partition coefficient (Wildman–Crippen LogP) is 2.78. The predicted molar refractivity (Wildman–Crippen MR) is 67.7 cm³/mol. The molecule has 1 aliphatic heterocycles. The van der Waals surface area contributed by atoms with E-state index in [1.807, 2.05) is 18.4 Å². The fourth-order valence-corrected chi connectivity index (χ4v) is 3.68. The average Bonchev–Trinajstić information content (AvgIpc) is 2.50. The second-order valence-electron chi connectivity index (χ2n) is 4.58. The summed E-state index contributed by atoms with van der Waals surface area (Å²) < 4.78 is 6.61. The van der Waals surface area contributed by atoms with E-state index < -0.39 is 0 Å². The van der Waals surface area contributed by atoms with Crippen molar-refractivity contribution >= 4 is 27.3 Å². The SMILES string of the molecule is CNC(C)(C)C1(c2cc(Br)cs2)COC1. The van der Waals surface area contributed by atoms with Gasteiger partial charge in [-0.1, -0.05) is 0 Å². The van der Waals surface area contributed by atoms with Gasteiger partial charge in [-0.2, -0.15) is 0 Å². The Hall–Kier alpha value is 0.1000. The van der Waals surface area contributed by atoms with Gasteiger partial charge in [0.1, 0.15) is 0 Å². The molecule has 0 saturated carbocycles. The Labute approximate surface area is 103 Å². The maximum Gasteiger partial charge on any atom is 0.0690 e. The van der Waals surface area contributed by atoms with Crippen molar-refractivity contribution in [3.8, 4) is 0 Å². The molecule has 15 heavy (non-hydrogen) atoms. The zero-order valence-electron chi connectivity index (χ0n) is 9.26. The highest BCUT2D eigenvalue weighted by Gasteiger charge is 2.52. The van der Waals surface area contributed by atoms with Crippen molar-refractivity contribution < 1.29 is 4.74 Å². The number of hydrogen-bond acceptors (Lipinski definition) is 3. The molecule has 0 radical (unpaired) electrons. The molecular weight excluding hydrogens is 274 g/mol. The Balaban J connectivity index is 2.38. The largest absolute Gasteiger partial charge is 0.379 e. The molecular formula is C11H16BrNOS. The number of halogens is 1. The molecule has 1 aromatic rings. The van der Waals surface area contributed by atoms with Crippen molar-refractivity contribution in [2.24, 2.45) is 0 Å². The van der Waals surface area contributed by atoms with Gasteiger partial charge in [-0.25, -0.2) is 0 Å². The average molecular weight is 290 g/mol. The van der Waals surface area contributed by atoms with Crippen molar-refractivity contribution in [1.82, 2.24) is 5.32 Å². The molecule has 0 spiro atoms. The molecule has 2 nitrogen and oxygen atoms in total. The van der Waals surface area contributed by atoms with Crippen molar-refractivity contribution in [3.05, 3.63) is 20.8 Å². The standard InChI is InChI=1S/C11H16BrNOS/c1-10(2,13-3)11(6-14-7-11)9-4-8(12)5-15-9/h4-5,13H,6-7H2,1-3H3. The van der Waals surface area contributed by atoms with Crippen LogP contribution in [0.2, 0.25) is 0 Å². The minimum absolute atomic E-state index is 0.0650. The molecule has 0 bridgehead atoms. The molecule has 0 unspecified atom stereocenters. The van der Waals surface area contributed by atoms with E-state index in [1.54, 1.807) is 0 Å². The van der Waals surface area contributed by atoms with Crippen LogP contribution < -0.4 is 5.32 Å². The van der Waals surface area contributed by atoms with Crippen LogP contribution in [0.25, 0.3) is 0 Å². The molecule has 1 aromatic heterocycles. The maximum atomic E-state index is 5.44. The summed E-state index contributed by atoms with van der Waals surface area (Å²) in [6.45, 7) is 6.11. The minimum atomic E-state index is 0.0650. The summed E-state index contributed by atoms with van der Waals surface area (Å²) in [6.07, 6.45) is 0. The Kier molecular flexibility index (Phi) is 2.97. The van der Waals surface area contributed by atoms with E-state index in [-0.39, 0.29) is 11.0 Å². The summed E-state index contributed by atoms with van der Waals surface area (Å²) in [6, 6.07) is 2.21. The van der Waals surface area contributed by atoms with Gasteiger partial charge in [-0.15, -0.1) is 11.3 Å². The summed E-state index contributed by atoms with van der Waals surface area (Å²) in [7, 11) is 2.02. The Morgan fingerprint density at radius 3 is 2.53 bits per heavy atom. The zero-order valence-corrected chi connectivity index (χ0v) is 11.7. The van der Waals surface area contributed by atoms with Crippen LogP contribution in [0.4, 0.5) is 0 Å². The molecule has 84 valence electrons. The van der Waals surface area contributed by atoms with Gasteiger partial charge in [0.25, 0.3) is 0 Å². The topological polar surface area (TPSA) is 21.3 Å². The smallest absolute Gasteiger partial charge is 0.0690 e. The molecule has 4 heteroatoms. The molecule has 2 heterocycles. The Bertz CT molecular complexity index is 357. The van der Waals surface area contributed by atoms with Crippen LogP contribution in [-0.2, 0) is 10.2 Å². The van der Waals surface area contributed by atoms with Gasteiger partial charge in [-0.05, 0) is 42.9 Å². The third-order valence-electron chi connectivity index (χ3n) is 3.56. The van der Waals surface area contributed by atoms with Crippen LogP contribution >= 0.6 is 27.3 Å². The van der Waals surface area contributed by atoms with Gasteiger partial charge in [0, 0.05) is 20.3 Å². The lowest BCUT2D eigenvalue weighted by molar-refractivity contribution is -0.0972. The summed E-state index contributed by atoms with van der Waals surface area (Å²) >= 11 is 5.32. The first kappa shape index (κ1) is 11.6. The molecule has 1 aliphatic rings. The number of thiophene rings is 1. The van der Waals surface area contributed by atoms with E-state index >= 15 is 0 Å². The molecule has 2 rings (SSSR count). The van der Waals surface area contributed by atoms with Crippen LogP contribution in [0.3, 0.4) is 0 Å². The molecule has 1 saturated heterocycles. The first-order valence-electron chi connectivity index (χ1n) is 5.03. The molecule has 0 aromatic carbocycles. The van der Waals surface area contributed by atoms with Gasteiger partial charge in [0.2, 0.25) is 0 Å². The van der Waals surface area contributed by atoms with E-state index in [4.69, 9.17) is 4.74 Å². The van der Waals surface area contributed by atoms with E-state index in [1.165, 1.54) is 9.35 Å². The number of rotatable bonds is 3. The Morgan fingerprint density at radius 2 is 2.20 bits per heavy atom. The summed E-state index contributed by atoms with van der Waals surface area (Å²) in [4.78, 5) is 1.40. The van der Waals surface area contributed by atoms with Crippen LogP contribution in [0, 0.1) is 0 Å². The zero-order chi connectivity index (χ0) is 11.1. The number of nitrogens with one attached hydrogen (secondary N) is 1. The van der Waals surface area contributed by atoms with E-state index in [2.05, 4.69) is 46.5 Å². The molecule has 0 atom stereocenters. The minimum Gasteiger partial charge on any atom is -0.379 e. The van der Waals surface area contributed by atoms with Gasteiger partial charge in [0.15, 0.2) is 0 Å². The molecule has 1 fully saturated rings. The highest BCUT2D eigenvalue weighted by atomic mass is 79.9. The highest BCUT2D eigenvalue weighted by Crippen LogP contribution is 2.44. The van der Waals surface area contributed by atoms with Crippen LogP contribution in [-0.4, -0.2) is 25.8 Å². The van der Waals surface area contributed by atoms with Crippen molar-refractivity contribution in [2.75, 3.05) is 20.3 Å². The fourth-order valence-electron chi connectivity index (χ4n) is 1.92. The number of ether oxygens (including phenoxy) is 1. The summed E-state index contributed by atoms with van der Waals surface area (Å²) in [5.41, 5.74) is 0.202. The Morgan fingerprint density at radius 1 is 1.53 bits per heavy atom. The van der Waals surface area contributed by atoms with Crippen LogP contribution in [0.1, 0.15) is 18.7 Å². The maximum absolute atomic E-state index is 5.44. The molecule has 0 aliphatic carbocycles. The lowest BCUT2D eigenvalue weighted by atomic mass is 9.68. The number of likely N-dealkylation sites (N-methyl/N-ethyl adjacent to an activating group) is 1. The molecule has 1 N–H and O–H groups in total. The van der Waals surface area contributed by atoms with E-state index in [9.17, 15) is 0 Å². The van der Waals surface area contributed by atoms with E-state index in [0.717, 1.165) is 13.2 Å². The second kappa shape index (κ2) is 3.84. The first-order chi connectivity index (χ1) is 7.02. The third-order valence-corrected chi connectivity index (χ3v) is 5.45. The number of hydrogen-bond donors (Lipinski definition) is 1. The van der Waals surface area contributed by atoms with Crippen molar-refractivity contribution in [2.45, 2.75) is 24.8 Å². The summed E-state index contributed by atoms with van der Waals surface area (Å²) in [5.74, 6) is 0. The van der Waals surface area contributed by atoms with Gasteiger partial charge < -0.3 is 10.1 Å². The van der Waals surface area contributed by atoms with Gasteiger partial charge >= 0.3 is 0 Å². The third kappa shape index (κ3) is 1.68. The molecule has 0 amide bonds. The van der Waals surface area contributed by atoms with E-state index in [0.29, 0.717) is 0 Å². The second-order valence-corrected chi connectivity index (χ2v) is 6.41. The monoisotopic (exact) mass is 289 g/mol. The highest BCUT2D eigenvalue weighted by molar-refractivity contribution is 9.10. The summed E-state index contributed by atoms with van der Waals surface area (Å²) in [5, 5.41) is 5.54. The van der Waals surface area contributed by atoms with Gasteiger partial charge in [-0.3, -0.25) is 0 Å². The lowest BCUT2D eigenvalue weighted by Gasteiger charge is -2.51. The first-order valence-corrected chi connectivity index (χ1v) is 6.70. The van der Waals surface area contributed by atoms with Crippen LogP contribution in [0.5, 0.6) is 0 Å². The normalized spacial score (nSPS) is 20.0. The van der Waals surface area contributed by atoms with Crippen molar-refractivity contribution in [3.63, 3.8) is 0 Å². The quantitative estimate of drug-likeness (QED) is 0.924. The lowest BCUT2D eigenvalue weighted by Crippen LogP contribution is -2.65.